The Morgan fingerprint density at radius 3 is 2.34 bits per heavy atom. The summed E-state index contributed by atoms with van der Waals surface area (Å²) in [7, 11) is -3.70. The van der Waals surface area contributed by atoms with E-state index in [-0.39, 0.29) is 22.8 Å². The third kappa shape index (κ3) is 4.59. The lowest BCUT2D eigenvalue weighted by Crippen LogP contribution is -2.37. The van der Waals surface area contributed by atoms with E-state index < -0.39 is 15.6 Å². The quantitative estimate of drug-likeness (QED) is 0.673. The molecule has 0 saturated heterocycles. The lowest BCUT2D eigenvalue weighted by Gasteiger charge is -2.19. The maximum absolute atomic E-state index is 12.7. The van der Waals surface area contributed by atoms with E-state index in [1.165, 1.54) is 28.2 Å². The number of benzene rings is 1. The van der Waals surface area contributed by atoms with Gasteiger partial charge in [0.2, 0.25) is 15.9 Å². The maximum atomic E-state index is 12.7. The lowest BCUT2D eigenvalue weighted by molar-refractivity contribution is -0.121. The highest BCUT2D eigenvalue weighted by atomic mass is 32.2. The van der Waals surface area contributed by atoms with Crippen molar-refractivity contribution in [3.8, 4) is 0 Å². The molecular formula is C21H27N3O4S. The van der Waals surface area contributed by atoms with Crippen LogP contribution in [0.4, 0.5) is 0 Å². The number of carbonyl (C=O) groups is 1. The molecule has 0 unspecified atom stereocenters. The number of pyridine rings is 1. The van der Waals surface area contributed by atoms with Crippen LogP contribution in [0.25, 0.3) is 0 Å². The van der Waals surface area contributed by atoms with Crippen molar-refractivity contribution >= 4 is 15.9 Å². The molecule has 1 aliphatic rings. The molecule has 1 saturated carbocycles. The molecule has 1 aromatic carbocycles. The molecule has 156 valence electrons. The van der Waals surface area contributed by atoms with Gasteiger partial charge in [-0.2, -0.15) is 4.31 Å². The molecule has 1 heterocycles. The van der Waals surface area contributed by atoms with Crippen LogP contribution in [-0.2, 0) is 26.8 Å². The van der Waals surface area contributed by atoms with Crippen molar-refractivity contribution in [2.75, 3.05) is 19.6 Å². The summed E-state index contributed by atoms with van der Waals surface area (Å²) in [5.41, 5.74) is 0.753. The zero-order chi connectivity index (χ0) is 21.1. The number of nitrogens with one attached hydrogen (secondary N) is 1. The Morgan fingerprint density at radius 1 is 1.10 bits per heavy atom. The largest absolute Gasteiger partial charge is 0.354 e. The number of carbonyl (C=O) groups excluding carboxylic acids is 1. The van der Waals surface area contributed by atoms with E-state index in [0.717, 1.165) is 17.4 Å². The van der Waals surface area contributed by atoms with E-state index in [2.05, 4.69) is 17.4 Å². The second-order valence-corrected chi connectivity index (χ2v) is 9.28. The van der Waals surface area contributed by atoms with Crippen LogP contribution in [-0.4, -0.2) is 42.8 Å². The van der Waals surface area contributed by atoms with E-state index in [9.17, 15) is 18.0 Å². The number of aromatic nitrogens is 1. The fourth-order valence-electron chi connectivity index (χ4n) is 3.49. The highest BCUT2D eigenvalue weighted by molar-refractivity contribution is 7.89. The minimum absolute atomic E-state index is 0.0107. The second-order valence-electron chi connectivity index (χ2n) is 7.34. The minimum Gasteiger partial charge on any atom is -0.354 e. The summed E-state index contributed by atoms with van der Waals surface area (Å²) in [6.07, 6.45) is 3.27. The van der Waals surface area contributed by atoms with Gasteiger partial charge in [0.25, 0.3) is 5.56 Å². The smallest absolute Gasteiger partial charge is 0.251 e. The van der Waals surface area contributed by atoms with Crippen LogP contribution in [0.15, 0.2) is 58.4 Å². The van der Waals surface area contributed by atoms with Crippen LogP contribution in [0.2, 0.25) is 0 Å². The van der Waals surface area contributed by atoms with Crippen molar-refractivity contribution in [2.24, 2.45) is 0 Å². The highest BCUT2D eigenvalue weighted by Crippen LogP contribution is 2.47. The van der Waals surface area contributed by atoms with E-state index in [1.54, 1.807) is 13.8 Å². The molecule has 2 aromatic rings. The summed E-state index contributed by atoms with van der Waals surface area (Å²) >= 11 is 0. The second kappa shape index (κ2) is 8.51. The molecule has 8 heteroatoms. The number of hydrogen-bond donors (Lipinski definition) is 1. The van der Waals surface area contributed by atoms with E-state index in [4.69, 9.17) is 0 Å². The number of hydrogen-bond acceptors (Lipinski definition) is 4. The van der Waals surface area contributed by atoms with Crippen molar-refractivity contribution < 1.29 is 13.2 Å². The van der Waals surface area contributed by atoms with Crippen molar-refractivity contribution in [3.63, 3.8) is 0 Å². The molecule has 3 rings (SSSR count). The van der Waals surface area contributed by atoms with Crippen LogP contribution >= 0.6 is 0 Å². The van der Waals surface area contributed by atoms with Crippen molar-refractivity contribution in [1.29, 1.82) is 0 Å². The van der Waals surface area contributed by atoms with Crippen molar-refractivity contribution in [2.45, 2.75) is 43.5 Å². The van der Waals surface area contributed by atoms with Crippen LogP contribution in [0.3, 0.4) is 0 Å². The van der Waals surface area contributed by atoms with Gasteiger partial charge in [0, 0.05) is 37.3 Å². The summed E-state index contributed by atoms with van der Waals surface area (Å²) in [5, 5.41) is 2.90. The minimum atomic E-state index is -3.70. The Morgan fingerprint density at radius 2 is 1.76 bits per heavy atom. The number of nitrogens with zero attached hydrogens (tertiary/aromatic N) is 2. The number of amides is 1. The van der Waals surface area contributed by atoms with Gasteiger partial charge in [0.15, 0.2) is 0 Å². The average molecular weight is 418 g/mol. The fourth-order valence-corrected chi connectivity index (χ4v) is 4.97. The molecular weight excluding hydrogens is 390 g/mol. The molecule has 0 bridgehead atoms. The van der Waals surface area contributed by atoms with Gasteiger partial charge in [-0.15, -0.1) is 0 Å². The summed E-state index contributed by atoms with van der Waals surface area (Å²) in [6.45, 7) is 4.46. The van der Waals surface area contributed by atoms with E-state index in [1.807, 2.05) is 18.2 Å². The van der Waals surface area contributed by atoms with Crippen LogP contribution in [0, 0.1) is 0 Å². The summed E-state index contributed by atoms with van der Waals surface area (Å²) < 4.78 is 27.8. The van der Waals surface area contributed by atoms with Gasteiger partial charge >= 0.3 is 0 Å². The third-order valence-electron chi connectivity index (χ3n) is 5.48. The van der Waals surface area contributed by atoms with Gasteiger partial charge in [0.05, 0.1) is 4.90 Å². The SMILES string of the molecule is CCN(CC)S(=O)(=O)c1ccc(=O)n(CC(=O)NCC2(c3ccccc3)CC2)c1. The molecule has 29 heavy (non-hydrogen) atoms. The zero-order valence-corrected chi connectivity index (χ0v) is 17.6. The van der Waals surface area contributed by atoms with Crippen LogP contribution < -0.4 is 10.9 Å². The molecule has 1 aliphatic carbocycles. The Bertz CT molecular complexity index is 1020. The predicted molar refractivity (Wildman–Crippen MR) is 111 cm³/mol. The molecule has 1 amide bonds. The predicted octanol–water partition coefficient (Wildman–Crippen LogP) is 1.73. The molecule has 0 atom stereocenters. The van der Waals surface area contributed by atoms with Gasteiger partial charge in [0.1, 0.15) is 6.54 Å². The van der Waals surface area contributed by atoms with Crippen molar-refractivity contribution in [3.05, 3.63) is 64.6 Å². The Kier molecular flexibility index (Phi) is 6.24. The standard InChI is InChI=1S/C21H27N3O4S/c1-3-24(4-2)29(27,28)18-10-11-20(26)23(14-18)15-19(25)22-16-21(12-13-21)17-8-6-5-7-9-17/h5-11,14H,3-4,12-13,15-16H2,1-2H3,(H,22,25). The zero-order valence-electron chi connectivity index (χ0n) is 16.8. The van der Waals surface area contributed by atoms with Crippen LogP contribution in [0.5, 0.6) is 0 Å². The first-order valence-electron chi connectivity index (χ1n) is 9.85. The summed E-state index contributed by atoms with van der Waals surface area (Å²) in [4.78, 5) is 24.6. The van der Waals surface area contributed by atoms with Crippen LogP contribution in [0.1, 0.15) is 32.3 Å². The topological polar surface area (TPSA) is 88.5 Å². The number of rotatable bonds is 9. The molecule has 1 N–H and O–H groups in total. The van der Waals surface area contributed by atoms with Gasteiger partial charge in [-0.1, -0.05) is 44.2 Å². The molecule has 0 spiro atoms. The van der Waals surface area contributed by atoms with Gasteiger partial charge in [-0.05, 0) is 24.5 Å². The highest BCUT2D eigenvalue weighted by Gasteiger charge is 2.44. The molecule has 0 aliphatic heterocycles. The first-order valence-corrected chi connectivity index (χ1v) is 11.3. The number of sulfonamides is 1. The normalized spacial score (nSPS) is 15.3. The first kappa shape index (κ1) is 21.3. The Labute approximate surface area is 171 Å². The van der Waals surface area contributed by atoms with Gasteiger partial charge in [-0.25, -0.2) is 8.42 Å². The van der Waals surface area contributed by atoms with Crippen molar-refractivity contribution in [1.82, 2.24) is 14.2 Å². The summed E-state index contributed by atoms with van der Waals surface area (Å²) in [6, 6.07) is 12.5. The molecule has 1 fully saturated rings. The molecule has 7 nitrogen and oxygen atoms in total. The lowest BCUT2D eigenvalue weighted by atomic mass is 9.96. The third-order valence-corrected chi connectivity index (χ3v) is 7.51. The average Bonchev–Trinajstić information content (AvgIpc) is 3.51. The van der Waals surface area contributed by atoms with E-state index >= 15 is 0 Å². The molecule has 0 radical (unpaired) electrons. The Hall–Kier alpha value is -2.45. The monoisotopic (exact) mass is 417 g/mol. The Balaban J connectivity index is 1.70. The maximum Gasteiger partial charge on any atom is 0.251 e. The molecule has 1 aromatic heterocycles. The van der Waals surface area contributed by atoms with E-state index in [0.29, 0.717) is 19.6 Å². The van der Waals surface area contributed by atoms with Gasteiger partial charge < -0.3 is 9.88 Å². The first-order chi connectivity index (χ1) is 13.8. The summed E-state index contributed by atoms with van der Waals surface area (Å²) in [5.74, 6) is -0.313. The van der Waals surface area contributed by atoms with Gasteiger partial charge in [-0.3, -0.25) is 9.59 Å². The fraction of sp³-hybridized carbons (Fsp3) is 0.429.